The lowest BCUT2D eigenvalue weighted by atomic mass is 10.1. The number of nitro benzene ring substituents is 1. The van der Waals surface area contributed by atoms with Crippen molar-refractivity contribution in [2.75, 3.05) is 53.0 Å². The van der Waals surface area contributed by atoms with Gasteiger partial charge in [-0.05, 0) is 36.8 Å². The molecule has 0 radical (unpaired) electrons. The van der Waals surface area contributed by atoms with Crippen molar-refractivity contribution in [3.63, 3.8) is 0 Å². The van der Waals surface area contributed by atoms with E-state index in [9.17, 15) is 28.1 Å². The summed E-state index contributed by atoms with van der Waals surface area (Å²) in [4.78, 5) is 27.6. The molecule has 2 aromatic rings. The lowest BCUT2D eigenvalue weighted by Crippen LogP contribution is -2.49. The molecule has 0 aliphatic carbocycles. The number of nitrogens with zero attached hydrogens (tertiary/aromatic N) is 3. The molecule has 1 heterocycles. The zero-order valence-corrected chi connectivity index (χ0v) is 19.1. The first-order valence-corrected chi connectivity index (χ1v) is 10.9. The second-order valence-corrected chi connectivity index (χ2v) is 7.87. The number of carbonyl (C=O) groups is 1. The van der Waals surface area contributed by atoms with Gasteiger partial charge in [-0.1, -0.05) is 0 Å². The Morgan fingerprint density at radius 3 is 2.31 bits per heavy atom. The number of rotatable bonds is 10. The van der Waals surface area contributed by atoms with Gasteiger partial charge in [0.15, 0.2) is 0 Å². The van der Waals surface area contributed by atoms with Gasteiger partial charge in [-0.2, -0.15) is 13.2 Å². The van der Waals surface area contributed by atoms with Gasteiger partial charge in [0, 0.05) is 51.5 Å². The van der Waals surface area contributed by atoms with Crippen molar-refractivity contribution in [1.29, 1.82) is 0 Å². The fourth-order valence-electron chi connectivity index (χ4n) is 3.58. The number of carbonyl (C=O) groups excluding carboxylic acids is 1. The lowest BCUT2D eigenvalue weighted by Gasteiger charge is -2.35. The summed E-state index contributed by atoms with van der Waals surface area (Å²) >= 11 is 0. The first-order valence-electron chi connectivity index (χ1n) is 10.9. The predicted molar refractivity (Wildman–Crippen MR) is 120 cm³/mol. The normalized spacial score (nSPS) is 14.6. The van der Waals surface area contributed by atoms with E-state index < -0.39 is 23.6 Å². The smallest absolute Gasteiger partial charge is 0.411 e. The number of hydrogen-bond acceptors (Lipinski definition) is 7. The first-order chi connectivity index (χ1) is 16.7. The standard InChI is InChI=1S/C23H26F3N3O6/c1-33-18-4-6-19(7-5-18)35-21-8-3-17(29(31)32)15-20(21)22(30)28-12-10-27(11-13-28)9-2-14-34-16-23(24,25)26/h3-8,15H,2,9-14,16H2,1H3. The van der Waals surface area contributed by atoms with E-state index in [1.54, 1.807) is 29.2 Å². The molecule has 3 rings (SSSR count). The van der Waals surface area contributed by atoms with E-state index in [1.807, 2.05) is 4.90 Å². The van der Waals surface area contributed by atoms with Gasteiger partial charge >= 0.3 is 6.18 Å². The number of hydrogen-bond donors (Lipinski definition) is 0. The van der Waals surface area contributed by atoms with Gasteiger partial charge in [0.25, 0.3) is 11.6 Å². The molecule has 2 aromatic carbocycles. The number of ether oxygens (including phenoxy) is 3. The molecule has 0 saturated carbocycles. The highest BCUT2D eigenvalue weighted by Gasteiger charge is 2.28. The van der Waals surface area contributed by atoms with E-state index in [0.29, 0.717) is 50.6 Å². The van der Waals surface area contributed by atoms with E-state index in [4.69, 9.17) is 9.47 Å². The van der Waals surface area contributed by atoms with Crippen molar-refractivity contribution in [3.05, 3.63) is 58.1 Å². The van der Waals surface area contributed by atoms with E-state index in [-0.39, 0.29) is 23.6 Å². The Morgan fingerprint density at radius 1 is 1.06 bits per heavy atom. The number of alkyl halides is 3. The average molecular weight is 497 g/mol. The number of halogens is 3. The van der Waals surface area contributed by atoms with Crippen LogP contribution in [0.4, 0.5) is 18.9 Å². The van der Waals surface area contributed by atoms with Crippen LogP contribution in [0.25, 0.3) is 0 Å². The summed E-state index contributed by atoms with van der Waals surface area (Å²) in [7, 11) is 1.53. The van der Waals surface area contributed by atoms with Crippen molar-refractivity contribution in [2.45, 2.75) is 12.6 Å². The molecule has 0 N–H and O–H groups in total. The predicted octanol–water partition coefficient (Wildman–Crippen LogP) is 4.12. The number of piperazine rings is 1. The van der Waals surface area contributed by atoms with Crippen molar-refractivity contribution in [1.82, 2.24) is 9.80 Å². The molecular weight excluding hydrogens is 471 g/mol. The molecule has 1 saturated heterocycles. The summed E-state index contributed by atoms with van der Waals surface area (Å²) in [6, 6.07) is 10.6. The topological polar surface area (TPSA) is 94.4 Å². The molecule has 0 atom stereocenters. The fraction of sp³-hybridized carbons (Fsp3) is 0.435. The van der Waals surface area contributed by atoms with Crippen LogP contribution in [0.2, 0.25) is 0 Å². The van der Waals surface area contributed by atoms with Crippen LogP contribution in [0.5, 0.6) is 17.2 Å². The zero-order valence-electron chi connectivity index (χ0n) is 19.1. The van der Waals surface area contributed by atoms with Crippen LogP contribution >= 0.6 is 0 Å². The molecule has 1 aliphatic heterocycles. The molecule has 0 bridgehead atoms. The van der Waals surface area contributed by atoms with Crippen LogP contribution < -0.4 is 9.47 Å². The Kier molecular flexibility index (Phi) is 8.88. The van der Waals surface area contributed by atoms with E-state index in [0.717, 1.165) is 0 Å². The number of amides is 1. The highest BCUT2D eigenvalue weighted by atomic mass is 19.4. The van der Waals surface area contributed by atoms with Gasteiger partial charge < -0.3 is 19.1 Å². The summed E-state index contributed by atoms with van der Waals surface area (Å²) in [5.74, 6) is 0.855. The molecule has 12 heteroatoms. The summed E-state index contributed by atoms with van der Waals surface area (Å²) in [5.41, 5.74) is -0.156. The minimum Gasteiger partial charge on any atom is -0.497 e. The molecule has 1 aliphatic rings. The van der Waals surface area contributed by atoms with Crippen molar-refractivity contribution in [3.8, 4) is 17.2 Å². The summed E-state index contributed by atoms with van der Waals surface area (Å²) in [6.07, 6.45) is -3.90. The van der Waals surface area contributed by atoms with Crippen LogP contribution in [0.3, 0.4) is 0 Å². The highest BCUT2D eigenvalue weighted by molar-refractivity contribution is 5.97. The van der Waals surface area contributed by atoms with Crippen molar-refractivity contribution >= 4 is 11.6 Å². The highest BCUT2D eigenvalue weighted by Crippen LogP contribution is 2.31. The third-order valence-electron chi connectivity index (χ3n) is 5.38. The molecule has 9 nitrogen and oxygen atoms in total. The maximum atomic E-state index is 13.2. The van der Waals surface area contributed by atoms with Crippen LogP contribution in [-0.2, 0) is 4.74 Å². The van der Waals surface area contributed by atoms with Crippen LogP contribution in [0.1, 0.15) is 16.8 Å². The SMILES string of the molecule is COc1ccc(Oc2ccc([N+](=O)[O-])cc2C(=O)N2CCN(CCCOCC(F)(F)F)CC2)cc1. The molecule has 0 spiro atoms. The molecule has 1 amide bonds. The van der Waals surface area contributed by atoms with E-state index in [1.165, 1.54) is 25.3 Å². The molecule has 35 heavy (non-hydrogen) atoms. The van der Waals surface area contributed by atoms with Crippen molar-refractivity contribution < 1.29 is 37.1 Å². The van der Waals surface area contributed by atoms with Crippen molar-refractivity contribution in [2.24, 2.45) is 0 Å². The van der Waals surface area contributed by atoms with E-state index >= 15 is 0 Å². The minimum absolute atomic E-state index is 0.00159. The molecule has 1 fully saturated rings. The number of methoxy groups -OCH3 is 1. The minimum atomic E-state index is -4.34. The maximum Gasteiger partial charge on any atom is 0.411 e. The van der Waals surface area contributed by atoms with Gasteiger partial charge in [-0.25, -0.2) is 0 Å². The average Bonchev–Trinajstić information content (AvgIpc) is 2.83. The van der Waals surface area contributed by atoms with Gasteiger partial charge in [0.1, 0.15) is 23.9 Å². The molecule has 0 unspecified atom stereocenters. The van der Waals surface area contributed by atoms with E-state index in [2.05, 4.69) is 4.74 Å². The lowest BCUT2D eigenvalue weighted by molar-refractivity contribution is -0.384. The van der Waals surface area contributed by atoms with Gasteiger partial charge in [0.2, 0.25) is 0 Å². The number of non-ortho nitro benzene ring substituents is 1. The third kappa shape index (κ3) is 7.82. The Bertz CT molecular complexity index is 1010. The molecule has 0 aromatic heterocycles. The Hall–Kier alpha value is -3.38. The first kappa shape index (κ1) is 26.2. The summed E-state index contributed by atoms with van der Waals surface area (Å²) in [5, 5.41) is 11.3. The summed E-state index contributed by atoms with van der Waals surface area (Å²) in [6.45, 7) is 1.06. The maximum absolute atomic E-state index is 13.2. The van der Waals surface area contributed by atoms with Gasteiger partial charge in [-0.3, -0.25) is 19.8 Å². The second kappa shape index (κ2) is 11.8. The number of nitro groups is 1. The van der Waals surface area contributed by atoms with Gasteiger partial charge in [0.05, 0.1) is 17.6 Å². The van der Waals surface area contributed by atoms with Crippen LogP contribution in [0.15, 0.2) is 42.5 Å². The largest absolute Gasteiger partial charge is 0.497 e. The third-order valence-corrected chi connectivity index (χ3v) is 5.38. The Balaban J connectivity index is 1.61. The van der Waals surface area contributed by atoms with Crippen LogP contribution in [-0.4, -0.2) is 79.9 Å². The molecular formula is C23H26F3N3O6. The second-order valence-electron chi connectivity index (χ2n) is 7.87. The monoisotopic (exact) mass is 497 g/mol. The zero-order chi connectivity index (χ0) is 25.4. The Morgan fingerprint density at radius 2 is 1.71 bits per heavy atom. The van der Waals surface area contributed by atoms with Gasteiger partial charge in [-0.15, -0.1) is 0 Å². The Labute approximate surface area is 200 Å². The molecule has 190 valence electrons. The quantitative estimate of drug-likeness (QED) is 0.277. The summed E-state index contributed by atoms with van der Waals surface area (Å²) < 4.78 is 51.9. The fourth-order valence-corrected chi connectivity index (χ4v) is 3.58. The number of benzene rings is 2. The van der Waals surface area contributed by atoms with Crippen LogP contribution in [0, 0.1) is 10.1 Å².